The summed E-state index contributed by atoms with van der Waals surface area (Å²) in [6.45, 7) is 0.881. The topological polar surface area (TPSA) is 119 Å². The van der Waals surface area contributed by atoms with E-state index in [2.05, 4.69) is 30.8 Å². The smallest absolute Gasteiger partial charge is 0.347 e. The van der Waals surface area contributed by atoms with Crippen molar-refractivity contribution in [2.24, 2.45) is 11.8 Å². The number of halogens is 3. The summed E-state index contributed by atoms with van der Waals surface area (Å²) in [7, 11) is 0. The van der Waals surface area contributed by atoms with E-state index in [-0.39, 0.29) is 24.1 Å². The highest BCUT2D eigenvalue weighted by Gasteiger charge is 2.35. The van der Waals surface area contributed by atoms with Gasteiger partial charge >= 0.3 is 6.18 Å². The van der Waals surface area contributed by atoms with E-state index in [0.717, 1.165) is 19.4 Å². The zero-order valence-corrected chi connectivity index (χ0v) is 18.8. The Bertz CT molecular complexity index is 1230. The average Bonchev–Trinajstić information content (AvgIpc) is 3.73. The van der Waals surface area contributed by atoms with E-state index in [4.69, 9.17) is 0 Å². The summed E-state index contributed by atoms with van der Waals surface area (Å²) in [6.07, 6.45) is 2.82. The number of carbonyl (C=O) groups is 2. The first-order chi connectivity index (χ1) is 16.7. The van der Waals surface area contributed by atoms with Gasteiger partial charge in [-0.15, -0.1) is 5.10 Å². The fraction of sp³-hybridized carbons (Fsp3) is 0.545. The van der Waals surface area contributed by atoms with Gasteiger partial charge in [0.1, 0.15) is 0 Å². The van der Waals surface area contributed by atoms with Crippen molar-refractivity contribution < 1.29 is 22.8 Å². The molecule has 3 heterocycles. The van der Waals surface area contributed by atoms with Crippen LogP contribution in [-0.4, -0.2) is 47.4 Å². The Morgan fingerprint density at radius 3 is 2.69 bits per heavy atom. The second-order valence-corrected chi connectivity index (χ2v) is 9.20. The van der Waals surface area contributed by atoms with Crippen LogP contribution in [0.4, 0.5) is 13.2 Å². The molecule has 35 heavy (non-hydrogen) atoms. The SMILES string of the molecule is O=C(CCC(F)(F)F)NC(c1ccn2cc(CNC(=O)c3cnn(CC4CC4)n3)nc2n1)C1CC1. The highest BCUT2D eigenvalue weighted by Crippen LogP contribution is 2.40. The third-order valence-corrected chi connectivity index (χ3v) is 6.08. The predicted molar refractivity (Wildman–Crippen MR) is 116 cm³/mol. The Kier molecular flexibility index (Phi) is 6.15. The zero-order chi connectivity index (χ0) is 24.6. The maximum Gasteiger partial charge on any atom is 0.389 e. The predicted octanol–water partition coefficient (Wildman–Crippen LogP) is 2.57. The summed E-state index contributed by atoms with van der Waals surface area (Å²) >= 11 is 0. The van der Waals surface area contributed by atoms with Gasteiger partial charge in [-0.3, -0.25) is 14.0 Å². The van der Waals surface area contributed by atoms with Crippen LogP contribution in [0.1, 0.15) is 66.4 Å². The summed E-state index contributed by atoms with van der Waals surface area (Å²) in [5.74, 6) is 0.107. The minimum absolute atomic E-state index is 0.141. The minimum atomic E-state index is -4.38. The molecular weight excluding hydrogens is 465 g/mol. The number of rotatable bonds is 10. The van der Waals surface area contributed by atoms with Crippen LogP contribution in [0.2, 0.25) is 0 Å². The van der Waals surface area contributed by atoms with Crippen molar-refractivity contribution in [3.63, 3.8) is 0 Å². The van der Waals surface area contributed by atoms with Gasteiger partial charge in [-0.05, 0) is 43.6 Å². The van der Waals surface area contributed by atoms with E-state index in [0.29, 0.717) is 23.1 Å². The van der Waals surface area contributed by atoms with E-state index in [1.807, 2.05) is 0 Å². The highest BCUT2D eigenvalue weighted by atomic mass is 19.4. The number of aromatic nitrogens is 6. The van der Waals surface area contributed by atoms with E-state index >= 15 is 0 Å². The molecule has 2 amide bonds. The van der Waals surface area contributed by atoms with Crippen molar-refractivity contribution in [2.75, 3.05) is 0 Å². The van der Waals surface area contributed by atoms with Crippen molar-refractivity contribution in [3.8, 4) is 0 Å². The van der Waals surface area contributed by atoms with Gasteiger partial charge < -0.3 is 10.6 Å². The Balaban J connectivity index is 1.21. The van der Waals surface area contributed by atoms with E-state index in [9.17, 15) is 22.8 Å². The molecule has 0 radical (unpaired) electrons. The van der Waals surface area contributed by atoms with Gasteiger partial charge in [0, 0.05) is 18.8 Å². The maximum atomic E-state index is 12.4. The highest BCUT2D eigenvalue weighted by molar-refractivity contribution is 5.91. The van der Waals surface area contributed by atoms with Crippen LogP contribution in [0.15, 0.2) is 24.7 Å². The molecule has 186 valence electrons. The molecule has 10 nitrogen and oxygen atoms in total. The number of fused-ring (bicyclic) bond motifs is 1. The number of amides is 2. The van der Waals surface area contributed by atoms with Gasteiger partial charge in [-0.25, -0.2) is 9.97 Å². The molecule has 0 aliphatic heterocycles. The fourth-order valence-corrected chi connectivity index (χ4v) is 3.84. The summed E-state index contributed by atoms with van der Waals surface area (Å²) in [6, 6.07) is 1.27. The van der Waals surface area contributed by atoms with Gasteiger partial charge in [0.05, 0.1) is 43.1 Å². The van der Waals surface area contributed by atoms with Crippen molar-refractivity contribution >= 4 is 17.6 Å². The molecule has 0 aromatic carbocycles. The minimum Gasteiger partial charge on any atom is -0.347 e. The van der Waals surface area contributed by atoms with Gasteiger partial charge in [-0.2, -0.15) is 23.1 Å². The summed E-state index contributed by atoms with van der Waals surface area (Å²) in [4.78, 5) is 35.0. The van der Waals surface area contributed by atoms with Crippen LogP contribution < -0.4 is 10.6 Å². The Morgan fingerprint density at radius 1 is 1.17 bits per heavy atom. The molecule has 3 aromatic rings. The van der Waals surface area contributed by atoms with Gasteiger partial charge in [-0.1, -0.05) is 0 Å². The number of alkyl halides is 3. The maximum absolute atomic E-state index is 12.4. The lowest BCUT2D eigenvalue weighted by Crippen LogP contribution is -2.31. The third-order valence-electron chi connectivity index (χ3n) is 6.08. The molecule has 0 bridgehead atoms. The standard InChI is InChI=1S/C22H25F3N8O2/c23-22(24,25)7-5-18(34)30-19(14-3-4-14)16-6-8-32-12-15(28-21(32)29-16)9-26-20(35)17-10-27-33(31-17)11-13-1-2-13/h6,8,10,12-14,19H,1-5,7,9,11H2,(H,26,35)(H,30,34). The number of hydrogen-bond acceptors (Lipinski definition) is 6. The van der Waals surface area contributed by atoms with Gasteiger partial charge in [0.2, 0.25) is 11.7 Å². The van der Waals surface area contributed by atoms with Crippen molar-refractivity contribution in [2.45, 2.75) is 63.8 Å². The molecule has 2 saturated carbocycles. The molecule has 13 heteroatoms. The van der Waals surface area contributed by atoms with Crippen molar-refractivity contribution in [1.82, 2.24) is 40.0 Å². The number of nitrogens with one attached hydrogen (secondary N) is 2. The Hall–Kier alpha value is -3.51. The largest absolute Gasteiger partial charge is 0.389 e. The van der Waals surface area contributed by atoms with Crippen LogP contribution in [0.3, 0.4) is 0 Å². The number of imidazole rings is 1. The third kappa shape index (κ3) is 6.14. The first-order valence-electron chi connectivity index (χ1n) is 11.6. The first kappa shape index (κ1) is 23.2. The molecule has 2 N–H and O–H groups in total. The van der Waals surface area contributed by atoms with Gasteiger partial charge in [0.25, 0.3) is 5.91 Å². The molecule has 2 aliphatic carbocycles. The van der Waals surface area contributed by atoms with Crippen LogP contribution >= 0.6 is 0 Å². The lowest BCUT2D eigenvalue weighted by Gasteiger charge is -2.18. The van der Waals surface area contributed by atoms with E-state index < -0.39 is 31.0 Å². The first-order valence-corrected chi connectivity index (χ1v) is 11.6. The Labute approximate surface area is 198 Å². The van der Waals surface area contributed by atoms with Crippen LogP contribution in [0.25, 0.3) is 5.78 Å². The quantitative estimate of drug-likeness (QED) is 0.451. The number of carbonyl (C=O) groups excluding carboxylic acids is 2. The van der Waals surface area contributed by atoms with Gasteiger partial charge in [0.15, 0.2) is 5.69 Å². The molecule has 0 saturated heterocycles. The number of hydrogen-bond donors (Lipinski definition) is 2. The monoisotopic (exact) mass is 490 g/mol. The second-order valence-electron chi connectivity index (χ2n) is 9.20. The number of nitrogens with zero attached hydrogens (tertiary/aromatic N) is 6. The average molecular weight is 490 g/mol. The summed E-state index contributed by atoms with van der Waals surface area (Å²) < 4.78 is 39.0. The normalized spacial score (nSPS) is 16.9. The lowest BCUT2D eigenvalue weighted by molar-refractivity contribution is -0.144. The zero-order valence-electron chi connectivity index (χ0n) is 18.8. The molecule has 1 unspecified atom stereocenters. The van der Waals surface area contributed by atoms with Crippen LogP contribution in [-0.2, 0) is 17.9 Å². The Morgan fingerprint density at radius 2 is 1.97 bits per heavy atom. The lowest BCUT2D eigenvalue weighted by atomic mass is 10.1. The van der Waals surface area contributed by atoms with E-state index in [1.165, 1.54) is 19.0 Å². The van der Waals surface area contributed by atoms with Crippen molar-refractivity contribution in [3.05, 3.63) is 41.7 Å². The van der Waals surface area contributed by atoms with Crippen LogP contribution in [0, 0.1) is 11.8 Å². The van der Waals surface area contributed by atoms with Crippen LogP contribution in [0.5, 0.6) is 0 Å². The summed E-state index contributed by atoms with van der Waals surface area (Å²) in [5.41, 5.74) is 1.36. The van der Waals surface area contributed by atoms with Crippen molar-refractivity contribution in [1.29, 1.82) is 0 Å². The molecule has 2 fully saturated rings. The molecule has 3 aromatic heterocycles. The fourth-order valence-electron chi connectivity index (χ4n) is 3.84. The molecule has 2 aliphatic rings. The van der Waals surface area contributed by atoms with E-state index in [1.54, 1.807) is 27.7 Å². The molecule has 0 spiro atoms. The second kappa shape index (κ2) is 9.27. The summed E-state index contributed by atoms with van der Waals surface area (Å²) in [5, 5.41) is 13.8. The molecular formula is C22H25F3N8O2. The molecule has 5 rings (SSSR count). The molecule has 1 atom stereocenters.